The second-order valence-electron chi connectivity index (χ2n) is 9.28. The number of hydrogen-bond acceptors (Lipinski definition) is 12. The first-order valence-corrected chi connectivity index (χ1v) is 13.3. The highest BCUT2D eigenvalue weighted by Crippen LogP contribution is 2.29. The van der Waals surface area contributed by atoms with E-state index < -0.39 is 74.6 Å². The Hall–Kier alpha value is -0.0900. The zero-order chi connectivity index (χ0) is 25.8. The van der Waals surface area contributed by atoms with Gasteiger partial charge in [0.2, 0.25) is 0 Å². The molecule has 10 atom stereocenters. The maximum absolute atomic E-state index is 10.6. The molecule has 2 rings (SSSR count). The first-order chi connectivity index (χ1) is 16.8. The first kappa shape index (κ1) is 31.1. The molecule has 0 aliphatic carbocycles. The van der Waals surface area contributed by atoms with E-state index in [0.29, 0.717) is 6.61 Å². The molecule has 2 heterocycles. The van der Waals surface area contributed by atoms with E-state index in [2.05, 4.69) is 12.6 Å². The number of ether oxygens (including phenoxy) is 4. The van der Waals surface area contributed by atoms with Gasteiger partial charge in [0.1, 0.15) is 48.8 Å². The number of aliphatic hydroxyl groups excluding tert-OH is 7. The molecule has 7 N–H and O–H groups in total. The summed E-state index contributed by atoms with van der Waals surface area (Å²) in [5, 5.41) is 70.1. The maximum atomic E-state index is 10.6. The number of thiol groups is 1. The van der Waals surface area contributed by atoms with Crippen molar-refractivity contribution in [3.8, 4) is 0 Å². The van der Waals surface area contributed by atoms with Crippen LogP contribution >= 0.6 is 12.6 Å². The third-order valence-corrected chi connectivity index (χ3v) is 6.86. The van der Waals surface area contributed by atoms with Crippen molar-refractivity contribution in [1.82, 2.24) is 0 Å². The van der Waals surface area contributed by atoms with E-state index in [1.54, 1.807) is 0 Å². The predicted molar refractivity (Wildman–Crippen MR) is 128 cm³/mol. The topological polar surface area (TPSA) is 179 Å². The quantitative estimate of drug-likeness (QED) is 0.0916. The van der Waals surface area contributed by atoms with Crippen molar-refractivity contribution < 1.29 is 54.7 Å². The Labute approximate surface area is 212 Å². The van der Waals surface area contributed by atoms with Crippen LogP contribution in [0.1, 0.15) is 57.8 Å². The number of unbranched alkanes of at least 4 members (excludes halogenated alkanes) is 8. The van der Waals surface area contributed by atoms with Gasteiger partial charge in [0.15, 0.2) is 12.6 Å². The van der Waals surface area contributed by atoms with E-state index in [1.807, 2.05) is 0 Å². The molecular formula is C23H44O11S. The SMILES string of the molecule is OC[C@H]1O[C@@H](O[C@H]2[C@H](O)[C@@H](O)[C@H](OCCCCCCCCCCCS)O[C@@H]2CO)[C@H](O)[C@@H](O)[C@H]1O. The molecule has 0 bridgehead atoms. The minimum Gasteiger partial charge on any atom is -0.394 e. The molecule has 0 aromatic heterocycles. The summed E-state index contributed by atoms with van der Waals surface area (Å²) in [5.41, 5.74) is 0. The Bertz CT molecular complexity index is 556. The molecule has 0 unspecified atom stereocenters. The van der Waals surface area contributed by atoms with E-state index in [4.69, 9.17) is 18.9 Å². The summed E-state index contributed by atoms with van der Waals surface area (Å²) >= 11 is 4.21. The standard InChI is InChI=1S/C23H44O11S/c24-12-14-16(26)17(27)19(29)23(32-14)34-21-15(13-25)33-22(20(30)18(21)28)31-10-8-6-4-2-1-3-5-7-9-11-35/h14-30,35H,1-13H2/t14-,15-,16+,17+,18-,19-,20-,21-,22-,23+/m1/s1. The third-order valence-electron chi connectivity index (χ3n) is 6.54. The summed E-state index contributed by atoms with van der Waals surface area (Å²) < 4.78 is 22.0. The van der Waals surface area contributed by atoms with Gasteiger partial charge < -0.3 is 54.7 Å². The van der Waals surface area contributed by atoms with Crippen LogP contribution in [0.4, 0.5) is 0 Å². The average molecular weight is 529 g/mol. The number of rotatable bonds is 16. The highest BCUT2D eigenvalue weighted by atomic mass is 32.1. The third kappa shape index (κ3) is 9.31. The predicted octanol–water partition coefficient (Wildman–Crippen LogP) is -0.932. The second kappa shape index (κ2) is 16.7. The lowest BCUT2D eigenvalue weighted by molar-refractivity contribution is -0.359. The minimum atomic E-state index is -1.70. The van der Waals surface area contributed by atoms with E-state index in [1.165, 1.54) is 32.1 Å². The van der Waals surface area contributed by atoms with E-state index in [9.17, 15) is 35.7 Å². The van der Waals surface area contributed by atoms with Crippen molar-refractivity contribution in [3.05, 3.63) is 0 Å². The van der Waals surface area contributed by atoms with Crippen LogP contribution in [0, 0.1) is 0 Å². The molecule has 2 saturated heterocycles. The van der Waals surface area contributed by atoms with E-state index >= 15 is 0 Å². The molecule has 12 heteroatoms. The van der Waals surface area contributed by atoms with Gasteiger partial charge in [-0.15, -0.1) is 0 Å². The first-order valence-electron chi connectivity index (χ1n) is 12.7. The highest BCUT2D eigenvalue weighted by Gasteiger charge is 2.50. The van der Waals surface area contributed by atoms with Crippen LogP contribution in [0.2, 0.25) is 0 Å². The Morgan fingerprint density at radius 3 is 1.66 bits per heavy atom. The van der Waals surface area contributed by atoms with Crippen LogP contribution in [0.3, 0.4) is 0 Å². The minimum absolute atomic E-state index is 0.312. The van der Waals surface area contributed by atoms with Gasteiger partial charge in [-0.1, -0.05) is 44.9 Å². The van der Waals surface area contributed by atoms with Gasteiger partial charge in [-0.05, 0) is 18.6 Å². The Kier molecular flexibility index (Phi) is 14.8. The summed E-state index contributed by atoms with van der Waals surface area (Å²) in [6.45, 7) is -0.917. The summed E-state index contributed by atoms with van der Waals surface area (Å²) in [6.07, 6.45) is -4.29. The number of aliphatic hydroxyl groups is 7. The summed E-state index contributed by atoms with van der Waals surface area (Å²) in [6, 6.07) is 0. The monoisotopic (exact) mass is 528 g/mol. The lowest BCUT2D eigenvalue weighted by atomic mass is 9.97. The fraction of sp³-hybridized carbons (Fsp3) is 1.00. The normalized spacial score (nSPS) is 38.1. The summed E-state index contributed by atoms with van der Waals surface area (Å²) in [7, 11) is 0. The van der Waals surface area contributed by atoms with E-state index in [-0.39, 0.29) is 0 Å². The van der Waals surface area contributed by atoms with Gasteiger partial charge in [-0.25, -0.2) is 0 Å². The van der Waals surface area contributed by atoms with Crippen molar-refractivity contribution in [2.75, 3.05) is 25.6 Å². The Morgan fingerprint density at radius 1 is 0.571 bits per heavy atom. The molecule has 0 aromatic carbocycles. The summed E-state index contributed by atoms with van der Waals surface area (Å²) in [4.78, 5) is 0. The van der Waals surface area contributed by atoms with Crippen molar-refractivity contribution in [2.24, 2.45) is 0 Å². The molecule has 2 aliphatic rings. The highest BCUT2D eigenvalue weighted by molar-refractivity contribution is 7.80. The molecule has 35 heavy (non-hydrogen) atoms. The van der Waals surface area contributed by atoms with E-state index in [0.717, 1.165) is 31.4 Å². The molecule has 0 saturated carbocycles. The van der Waals surface area contributed by atoms with Crippen molar-refractivity contribution >= 4 is 12.6 Å². The van der Waals surface area contributed by atoms with Crippen molar-refractivity contribution in [2.45, 2.75) is 119 Å². The van der Waals surface area contributed by atoms with Gasteiger partial charge in [0, 0.05) is 6.61 Å². The smallest absolute Gasteiger partial charge is 0.187 e. The van der Waals surface area contributed by atoms with Gasteiger partial charge in [0.05, 0.1) is 13.2 Å². The molecule has 0 spiro atoms. The van der Waals surface area contributed by atoms with Crippen molar-refractivity contribution in [3.63, 3.8) is 0 Å². The van der Waals surface area contributed by atoms with Crippen LogP contribution in [-0.4, -0.2) is 123 Å². The molecule has 2 fully saturated rings. The number of hydrogen-bond donors (Lipinski definition) is 8. The van der Waals surface area contributed by atoms with Gasteiger partial charge in [-0.2, -0.15) is 12.6 Å². The molecule has 208 valence electrons. The zero-order valence-corrected chi connectivity index (χ0v) is 21.1. The zero-order valence-electron chi connectivity index (χ0n) is 20.2. The lowest BCUT2D eigenvalue weighted by Gasteiger charge is -2.45. The molecule has 11 nitrogen and oxygen atoms in total. The molecule has 0 aromatic rings. The average Bonchev–Trinajstić information content (AvgIpc) is 2.86. The fourth-order valence-electron chi connectivity index (χ4n) is 4.34. The molecule has 0 radical (unpaired) electrons. The second-order valence-corrected chi connectivity index (χ2v) is 9.73. The summed E-state index contributed by atoms with van der Waals surface area (Å²) in [5.74, 6) is 0.946. The lowest BCUT2D eigenvalue weighted by Crippen LogP contribution is -2.64. The van der Waals surface area contributed by atoms with Gasteiger partial charge in [-0.3, -0.25) is 0 Å². The molecule has 2 aliphatic heterocycles. The molecule has 0 amide bonds. The van der Waals surface area contributed by atoms with Crippen LogP contribution in [0.15, 0.2) is 0 Å². The largest absolute Gasteiger partial charge is 0.394 e. The van der Waals surface area contributed by atoms with Crippen LogP contribution in [0.25, 0.3) is 0 Å². The maximum Gasteiger partial charge on any atom is 0.187 e. The fourth-order valence-corrected chi connectivity index (χ4v) is 4.57. The molecular weight excluding hydrogens is 484 g/mol. The van der Waals surface area contributed by atoms with Crippen molar-refractivity contribution in [1.29, 1.82) is 0 Å². The van der Waals surface area contributed by atoms with Crippen LogP contribution < -0.4 is 0 Å². The Morgan fingerprint density at radius 2 is 1.09 bits per heavy atom. The van der Waals surface area contributed by atoms with Gasteiger partial charge >= 0.3 is 0 Å². The van der Waals surface area contributed by atoms with Crippen LogP contribution in [-0.2, 0) is 18.9 Å². The Balaban J connectivity index is 1.74. The van der Waals surface area contributed by atoms with Gasteiger partial charge in [0.25, 0.3) is 0 Å². The van der Waals surface area contributed by atoms with Crippen LogP contribution in [0.5, 0.6) is 0 Å².